The minimum Gasteiger partial charge on any atom is -0.370 e. The van der Waals surface area contributed by atoms with Crippen LogP contribution in [-0.4, -0.2) is 17.3 Å². The molecule has 0 aliphatic rings. The van der Waals surface area contributed by atoms with Gasteiger partial charge in [-0.2, -0.15) is 0 Å². The van der Waals surface area contributed by atoms with E-state index in [0.29, 0.717) is 0 Å². The largest absolute Gasteiger partial charge is 0.370 e. The van der Waals surface area contributed by atoms with Gasteiger partial charge in [0.2, 0.25) is 0 Å². The van der Waals surface area contributed by atoms with E-state index in [0.717, 1.165) is 18.3 Å². The van der Waals surface area contributed by atoms with Crippen LogP contribution in [0.5, 0.6) is 0 Å². The number of nitrogens with one attached hydrogen (secondary N) is 1. The van der Waals surface area contributed by atoms with E-state index in [-0.39, 0.29) is 0 Å². The van der Waals surface area contributed by atoms with Crippen LogP contribution in [-0.2, 0) is 0 Å². The van der Waals surface area contributed by atoms with Crippen molar-refractivity contribution in [3.8, 4) is 0 Å². The van der Waals surface area contributed by atoms with Gasteiger partial charge in [-0.15, -0.1) is 11.8 Å². The Morgan fingerprint density at radius 2 is 2.27 bits per heavy atom. The lowest BCUT2D eigenvalue weighted by Gasteiger charge is -2.08. The Hall–Kier alpha value is -0.700. The molecule has 84 valence electrons. The van der Waals surface area contributed by atoms with Crippen molar-refractivity contribution in [1.82, 2.24) is 4.98 Å². The highest BCUT2D eigenvalue weighted by molar-refractivity contribution is 7.99. The molecule has 0 bridgehead atoms. The predicted octanol–water partition coefficient (Wildman–Crippen LogP) is 3.65. The van der Waals surface area contributed by atoms with Gasteiger partial charge < -0.3 is 5.32 Å². The number of thioether (sulfide) groups is 1. The summed E-state index contributed by atoms with van der Waals surface area (Å²) in [4.78, 5) is 5.56. The summed E-state index contributed by atoms with van der Waals surface area (Å²) in [7, 11) is 0. The number of hydrogen-bond donors (Lipinski definition) is 1. The Bertz CT molecular complexity index is 289. The zero-order valence-electron chi connectivity index (χ0n) is 9.79. The molecule has 3 heteroatoms. The molecule has 0 radical (unpaired) electrons. The van der Waals surface area contributed by atoms with Crippen LogP contribution in [0, 0.1) is 5.92 Å². The standard InChI is InChI=1S/C12H20N2S/c1-4-10(3)9-15-11-6-7-14-12(8-11)13-5-2/h6-8,10H,4-5,9H2,1-3H3,(H,13,14). The maximum Gasteiger partial charge on any atom is 0.126 e. The van der Waals surface area contributed by atoms with E-state index in [1.807, 2.05) is 18.0 Å². The highest BCUT2D eigenvalue weighted by Gasteiger charge is 2.01. The monoisotopic (exact) mass is 224 g/mol. The quantitative estimate of drug-likeness (QED) is 0.747. The summed E-state index contributed by atoms with van der Waals surface area (Å²) in [5.74, 6) is 2.95. The van der Waals surface area contributed by atoms with Gasteiger partial charge in [-0.05, 0) is 25.0 Å². The third-order valence-electron chi connectivity index (χ3n) is 2.32. The lowest BCUT2D eigenvalue weighted by atomic mass is 10.2. The predicted molar refractivity (Wildman–Crippen MR) is 68.6 cm³/mol. The van der Waals surface area contributed by atoms with E-state index >= 15 is 0 Å². The molecule has 0 amide bonds. The average molecular weight is 224 g/mol. The summed E-state index contributed by atoms with van der Waals surface area (Å²) in [6.45, 7) is 7.54. The van der Waals surface area contributed by atoms with E-state index in [1.165, 1.54) is 17.1 Å². The summed E-state index contributed by atoms with van der Waals surface area (Å²) in [6.07, 6.45) is 3.12. The second-order valence-corrected chi connectivity index (χ2v) is 4.82. The number of pyridine rings is 1. The molecule has 0 saturated heterocycles. The van der Waals surface area contributed by atoms with Crippen molar-refractivity contribution in [1.29, 1.82) is 0 Å². The summed E-state index contributed by atoms with van der Waals surface area (Å²) < 4.78 is 0. The minimum atomic E-state index is 0.783. The molecule has 1 aromatic rings. The molecular weight excluding hydrogens is 204 g/mol. The van der Waals surface area contributed by atoms with Crippen molar-refractivity contribution < 1.29 is 0 Å². The zero-order chi connectivity index (χ0) is 11.1. The first kappa shape index (κ1) is 12.4. The Balaban J connectivity index is 2.50. The van der Waals surface area contributed by atoms with Gasteiger partial charge in [0.15, 0.2) is 0 Å². The second kappa shape index (κ2) is 6.72. The van der Waals surface area contributed by atoms with Crippen LogP contribution in [0.15, 0.2) is 23.2 Å². The molecule has 1 heterocycles. The molecule has 0 saturated carbocycles. The maximum absolute atomic E-state index is 4.25. The van der Waals surface area contributed by atoms with E-state index < -0.39 is 0 Å². The number of rotatable bonds is 6. The number of nitrogens with zero attached hydrogens (tertiary/aromatic N) is 1. The average Bonchev–Trinajstić information content (AvgIpc) is 2.27. The van der Waals surface area contributed by atoms with Crippen molar-refractivity contribution in [2.24, 2.45) is 5.92 Å². The Kier molecular flexibility index (Phi) is 5.54. The Morgan fingerprint density at radius 1 is 1.47 bits per heavy atom. The van der Waals surface area contributed by atoms with E-state index in [1.54, 1.807) is 0 Å². The smallest absolute Gasteiger partial charge is 0.126 e. The second-order valence-electron chi connectivity index (χ2n) is 3.73. The third kappa shape index (κ3) is 4.56. The fourth-order valence-electron chi connectivity index (χ4n) is 1.14. The fraction of sp³-hybridized carbons (Fsp3) is 0.583. The molecule has 0 aliphatic carbocycles. The van der Waals surface area contributed by atoms with Crippen molar-refractivity contribution in [3.05, 3.63) is 18.3 Å². The molecule has 0 spiro atoms. The number of hydrogen-bond acceptors (Lipinski definition) is 3. The van der Waals surface area contributed by atoms with Crippen molar-refractivity contribution in [3.63, 3.8) is 0 Å². The molecule has 1 aromatic heterocycles. The van der Waals surface area contributed by atoms with Crippen molar-refractivity contribution >= 4 is 17.6 Å². The lowest BCUT2D eigenvalue weighted by Crippen LogP contribution is -1.99. The molecule has 1 atom stereocenters. The summed E-state index contributed by atoms with van der Waals surface area (Å²) in [6, 6.07) is 4.20. The fourth-order valence-corrected chi connectivity index (χ4v) is 2.20. The first-order valence-electron chi connectivity index (χ1n) is 5.59. The van der Waals surface area contributed by atoms with Crippen LogP contribution in [0.2, 0.25) is 0 Å². The molecule has 1 N–H and O–H groups in total. The van der Waals surface area contributed by atoms with Gasteiger partial charge in [-0.3, -0.25) is 0 Å². The van der Waals surface area contributed by atoms with Gasteiger partial charge in [0.25, 0.3) is 0 Å². The van der Waals surface area contributed by atoms with Crippen LogP contribution < -0.4 is 5.32 Å². The van der Waals surface area contributed by atoms with Gasteiger partial charge in [0, 0.05) is 23.4 Å². The Labute approximate surface area is 96.9 Å². The highest BCUT2D eigenvalue weighted by atomic mass is 32.2. The topological polar surface area (TPSA) is 24.9 Å². The lowest BCUT2D eigenvalue weighted by molar-refractivity contribution is 0.637. The van der Waals surface area contributed by atoms with Gasteiger partial charge in [0.1, 0.15) is 5.82 Å². The van der Waals surface area contributed by atoms with E-state index in [9.17, 15) is 0 Å². The summed E-state index contributed by atoms with van der Waals surface area (Å²) in [5.41, 5.74) is 0. The third-order valence-corrected chi connectivity index (χ3v) is 3.64. The number of anilines is 1. The molecule has 15 heavy (non-hydrogen) atoms. The first-order chi connectivity index (χ1) is 7.26. The van der Waals surface area contributed by atoms with Crippen molar-refractivity contribution in [2.45, 2.75) is 32.1 Å². The molecule has 1 unspecified atom stereocenters. The molecule has 0 aliphatic heterocycles. The van der Waals surface area contributed by atoms with Crippen LogP contribution in [0.3, 0.4) is 0 Å². The van der Waals surface area contributed by atoms with Crippen LogP contribution in [0.1, 0.15) is 27.2 Å². The summed E-state index contributed by atoms with van der Waals surface area (Å²) >= 11 is 1.91. The van der Waals surface area contributed by atoms with Crippen LogP contribution >= 0.6 is 11.8 Å². The Morgan fingerprint density at radius 3 is 2.93 bits per heavy atom. The SMILES string of the molecule is CCNc1cc(SCC(C)CC)ccn1. The molecule has 0 fully saturated rings. The van der Waals surface area contributed by atoms with E-state index in [4.69, 9.17) is 0 Å². The van der Waals surface area contributed by atoms with Gasteiger partial charge in [-0.25, -0.2) is 4.98 Å². The molecular formula is C12H20N2S. The minimum absolute atomic E-state index is 0.783. The van der Waals surface area contributed by atoms with E-state index in [2.05, 4.69) is 43.2 Å². The van der Waals surface area contributed by atoms with Gasteiger partial charge in [0.05, 0.1) is 0 Å². The molecule has 1 rings (SSSR count). The molecule has 0 aromatic carbocycles. The summed E-state index contributed by atoms with van der Waals surface area (Å²) in [5, 5.41) is 3.23. The normalized spacial score (nSPS) is 12.5. The first-order valence-corrected chi connectivity index (χ1v) is 6.57. The van der Waals surface area contributed by atoms with Crippen LogP contribution in [0.4, 0.5) is 5.82 Å². The molecule has 2 nitrogen and oxygen atoms in total. The van der Waals surface area contributed by atoms with Gasteiger partial charge >= 0.3 is 0 Å². The highest BCUT2D eigenvalue weighted by Crippen LogP contribution is 2.23. The zero-order valence-corrected chi connectivity index (χ0v) is 10.6. The maximum atomic E-state index is 4.25. The van der Waals surface area contributed by atoms with Crippen molar-refractivity contribution in [2.75, 3.05) is 17.6 Å². The van der Waals surface area contributed by atoms with Gasteiger partial charge in [-0.1, -0.05) is 20.3 Å². The number of aromatic nitrogens is 1. The van der Waals surface area contributed by atoms with Crippen LogP contribution in [0.25, 0.3) is 0 Å².